The van der Waals surface area contributed by atoms with E-state index in [-0.39, 0.29) is 11.1 Å². The van der Waals surface area contributed by atoms with Crippen molar-refractivity contribution in [2.24, 2.45) is 5.73 Å². The zero-order valence-corrected chi connectivity index (χ0v) is 19.5. The van der Waals surface area contributed by atoms with Crippen LogP contribution in [0.2, 0.25) is 0 Å². The molecule has 8 nitrogen and oxygen atoms in total. The van der Waals surface area contributed by atoms with Crippen molar-refractivity contribution in [3.63, 3.8) is 0 Å². The van der Waals surface area contributed by atoms with Crippen LogP contribution in [-0.2, 0) is 9.59 Å². The summed E-state index contributed by atoms with van der Waals surface area (Å²) in [6, 6.07) is 9.57. The minimum atomic E-state index is -0.440. The second-order valence-electron chi connectivity index (χ2n) is 8.99. The molecule has 4 N–H and O–H groups in total. The Morgan fingerprint density at radius 3 is 2.62 bits per heavy atom. The lowest BCUT2D eigenvalue weighted by molar-refractivity contribution is -0.122. The van der Waals surface area contributed by atoms with Crippen molar-refractivity contribution >= 4 is 61.4 Å². The van der Waals surface area contributed by atoms with Crippen molar-refractivity contribution in [1.29, 1.82) is 0 Å². The van der Waals surface area contributed by atoms with Crippen LogP contribution in [-0.4, -0.2) is 45.4 Å². The van der Waals surface area contributed by atoms with Crippen molar-refractivity contribution in [2.45, 2.75) is 31.7 Å². The number of hydrogen-bond donors (Lipinski definition) is 3. The molecule has 3 aromatic heterocycles. The van der Waals surface area contributed by atoms with Crippen molar-refractivity contribution in [3.8, 4) is 0 Å². The minimum Gasteiger partial charge on any atom is -0.352 e. The number of carbonyl (C=O) groups excluding carboxylic acids is 2. The van der Waals surface area contributed by atoms with E-state index in [1.54, 1.807) is 17.5 Å². The largest absolute Gasteiger partial charge is 0.352 e. The number of nitrogens with zero attached hydrogens (tertiary/aromatic N) is 3. The monoisotopic (exact) mass is 472 g/mol. The van der Waals surface area contributed by atoms with E-state index in [2.05, 4.69) is 22.1 Å². The summed E-state index contributed by atoms with van der Waals surface area (Å²) in [6.45, 7) is 3.61. The lowest BCUT2D eigenvalue weighted by Gasteiger charge is -2.38. The number of amides is 2. The number of piperidine rings is 1. The van der Waals surface area contributed by atoms with Crippen LogP contribution in [0.3, 0.4) is 0 Å². The third-order valence-electron chi connectivity index (χ3n) is 7.08. The first kappa shape index (κ1) is 21.0. The highest BCUT2D eigenvalue weighted by molar-refractivity contribution is 7.16. The van der Waals surface area contributed by atoms with Gasteiger partial charge in [0.15, 0.2) is 0 Å². The Morgan fingerprint density at radius 1 is 1.06 bits per heavy atom. The summed E-state index contributed by atoms with van der Waals surface area (Å²) in [6.07, 6.45) is 4.41. The number of fused-ring (bicyclic) bond motifs is 2. The second-order valence-corrected chi connectivity index (χ2v) is 9.91. The molecule has 6 rings (SSSR count). The Kier molecular flexibility index (Phi) is 4.79. The van der Waals surface area contributed by atoms with E-state index in [1.807, 2.05) is 35.7 Å². The molecule has 172 valence electrons. The lowest BCUT2D eigenvalue weighted by atomic mass is 9.86. The van der Waals surface area contributed by atoms with E-state index < -0.39 is 11.8 Å². The Hall–Kier alpha value is -3.56. The maximum Gasteiger partial charge on any atom is 0.261 e. The summed E-state index contributed by atoms with van der Waals surface area (Å²) < 4.78 is 0. The number of nitrogens with one attached hydrogen (secondary N) is 2. The summed E-state index contributed by atoms with van der Waals surface area (Å²) in [7, 11) is 0. The maximum atomic E-state index is 13.1. The van der Waals surface area contributed by atoms with E-state index in [0.717, 1.165) is 53.5 Å². The third kappa shape index (κ3) is 3.23. The Balaban J connectivity index is 1.55. The molecule has 34 heavy (non-hydrogen) atoms. The third-order valence-corrected chi connectivity index (χ3v) is 7.92. The van der Waals surface area contributed by atoms with Crippen molar-refractivity contribution in [2.75, 3.05) is 18.0 Å². The number of para-hydroxylation sites is 1. The van der Waals surface area contributed by atoms with Gasteiger partial charge in [0, 0.05) is 41.2 Å². The molecule has 0 unspecified atom stereocenters. The fourth-order valence-electron chi connectivity index (χ4n) is 4.90. The lowest BCUT2D eigenvalue weighted by Crippen LogP contribution is -2.50. The predicted molar refractivity (Wildman–Crippen MR) is 134 cm³/mol. The van der Waals surface area contributed by atoms with Crippen LogP contribution in [0.5, 0.6) is 0 Å². The first-order valence-corrected chi connectivity index (χ1v) is 12.3. The summed E-state index contributed by atoms with van der Waals surface area (Å²) in [5.41, 5.74) is 8.87. The van der Waals surface area contributed by atoms with Gasteiger partial charge in [0.05, 0.1) is 22.4 Å². The van der Waals surface area contributed by atoms with E-state index in [0.29, 0.717) is 22.8 Å². The summed E-state index contributed by atoms with van der Waals surface area (Å²) in [5, 5.41) is 6.10. The Morgan fingerprint density at radius 2 is 1.82 bits per heavy atom. The van der Waals surface area contributed by atoms with Gasteiger partial charge in [-0.1, -0.05) is 25.1 Å². The molecule has 9 heteroatoms. The molecule has 5 heterocycles. The highest BCUT2D eigenvalue weighted by Gasteiger charge is 2.36. The van der Waals surface area contributed by atoms with Crippen molar-refractivity contribution < 1.29 is 9.59 Å². The van der Waals surface area contributed by atoms with Gasteiger partial charge in [0.1, 0.15) is 4.83 Å². The van der Waals surface area contributed by atoms with Gasteiger partial charge in [0.25, 0.3) is 11.8 Å². The van der Waals surface area contributed by atoms with Crippen LogP contribution in [0.1, 0.15) is 37.4 Å². The Bertz CT molecular complexity index is 1490. The first-order valence-electron chi connectivity index (χ1n) is 11.4. The van der Waals surface area contributed by atoms with Gasteiger partial charge in [-0.25, -0.2) is 9.97 Å². The number of aromatic nitrogens is 3. The number of benzene rings is 1. The maximum absolute atomic E-state index is 13.1. The van der Waals surface area contributed by atoms with Gasteiger partial charge >= 0.3 is 0 Å². The molecular weight excluding hydrogens is 448 g/mol. The van der Waals surface area contributed by atoms with E-state index >= 15 is 0 Å². The van der Waals surface area contributed by atoms with Crippen LogP contribution >= 0.6 is 11.3 Å². The standard InChI is InChI=1S/C25H24N6O2S/c1-2-25(26)8-10-31(11-9-25)24-28-17-6-4-3-5-15(17)20(29-24)19-18(21(32)30-22(19)33)16-13-27-23-14(16)7-12-34-23/h3-7,12-13,27H,2,8-11,26H2,1H3,(H,30,32,33). The molecule has 2 amide bonds. The second kappa shape index (κ2) is 7.75. The molecule has 1 aromatic carbocycles. The number of rotatable bonds is 4. The molecule has 1 fully saturated rings. The number of anilines is 1. The van der Waals surface area contributed by atoms with Crippen molar-refractivity contribution in [3.05, 3.63) is 53.2 Å². The Labute approximate surface area is 199 Å². The van der Waals surface area contributed by atoms with E-state index in [9.17, 15) is 9.59 Å². The molecular formula is C25H24N6O2S. The predicted octanol–water partition coefficient (Wildman–Crippen LogP) is 3.45. The summed E-state index contributed by atoms with van der Waals surface area (Å²) >= 11 is 1.55. The molecule has 0 bridgehead atoms. The fraction of sp³-hybridized carbons (Fsp3) is 0.280. The van der Waals surface area contributed by atoms with Crippen LogP contribution < -0.4 is 16.0 Å². The summed E-state index contributed by atoms with van der Waals surface area (Å²) in [4.78, 5) is 42.1. The highest BCUT2D eigenvalue weighted by Crippen LogP contribution is 2.38. The number of H-pyrrole nitrogens is 1. The topological polar surface area (TPSA) is 117 Å². The zero-order chi connectivity index (χ0) is 23.4. The van der Waals surface area contributed by atoms with Gasteiger partial charge in [0.2, 0.25) is 5.95 Å². The van der Waals surface area contributed by atoms with Gasteiger partial charge in [-0.15, -0.1) is 11.3 Å². The number of nitrogens with two attached hydrogens (primary N) is 1. The zero-order valence-electron chi connectivity index (χ0n) is 18.7. The number of hydrogen-bond acceptors (Lipinski definition) is 7. The first-order chi connectivity index (χ1) is 16.5. The molecule has 4 aromatic rings. The molecule has 0 spiro atoms. The quantitative estimate of drug-likeness (QED) is 0.392. The number of thiophene rings is 1. The SMILES string of the molecule is CCC1(N)CCN(c2nc(C3=C(c4c[nH]c5sccc45)C(=O)NC3=O)c3ccccc3n2)CC1. The molecule has 0 atom stereocenters. The molecule has 1 saturated heterocycles. The molecule has 0 saturated carbocycles. The minimum absolute atomic E-state index is 0.163. The van der Waals surface area contributed by atoms with Gasteiger partial charge in [-0.2, -0.15) is 0 Å². The summed E-state index contributed by atoms with van der Waals surface area (Å²) in [5.74, 6) is -0.296. The normalized spacial score (nSPS) is 18.4. The smallest absolute Gasteiger partial charge is 0.261 e. The van der Waals surface area contributed by atoms with Crippen LogP contribution in [0.4, 0.5) is 5.95 Å². The van der Waals surface area contributed by atoms with Crippen molar-refractivity contribution in [1.82, 2.24) is 20.3 Å². The van der Waals surface area contributed by atoms with Gasteiger partial charge in [-0.05, 0) is 36.8 Å². The molecule has 0 radical (unpaired) electrons. The van der Waals surface area contributed by atoms with Crippen LogP contribution in [0.15, 0.2) is 41.9 Å². The number of aromatic amines is 1. The highest BCUT2D eigenvalue weighted by atomic mass is 32.1. The number of imide groups is 1. The average molecular weight is 473 g/mol. The van der Waals surface area contributed by atoms with Crippen LogP contribution in [0.25, 0.3) is 32.3 Å². The molecule has 2 aliphatic rings. The van der Waals surface area contributed by atoms with Crippen LogP contribution in [0, 0.1) is 0 Å². The van der Waals surface area contributed by atoms with Gasteiger partial charge in [-0.3, -0.25) is 14.9 Å². The molecule has 0 aliphatic carbocycles. The van der Waals surface area contributed by atoms with E-state index in [4.69, 9.17) is 15.7 Å². The average Bonchev–Trinajstić information content (AvgIpc) is 3.53. The van der Waals surface area contributed by atoms with Gasteiger partial charge < -0.3 is 15.6 Å². The van der Waals surface area contributed by atoms with E-state index in [1.165, 1.54) is 0 Å². The molecule has 2 aliphatic heterocycles. The number of carbonyl (C=O) groups is 2. The fourth-order valence-corrected chi connectivity index (χ4v) is 5.67.